The lowest BCUT2D eigenvalue weighted by molar-refractivity contribution is -0.138. The molecule has 1 atom stereocenters. The highest BCUT2D eigenvalue weighted by Gasteiger charge is 2.30. The van der Waals surface area contributed by atoms with Gasteiger partial charge in [-0.25, -0.2) is 5.43 Å². The van der Waals surface area contributed by atoms with Gasteiger partial charge < -0.3 is 14.5 Å². The van der Waals surface area contributed by atoms with Crippen LogP contribution in [0.5, 0.6) is 0 Å². The maximum absolute atomic E-state index is 12.7. The summed E-state index contributed by atoms with van der Waals surface area (Å²) in [6, 6.07) is 9.78. The van der Waals surface area contributed by atoms with Crippen molar-refractivity contribution in [1.82, 2.24) is 15.2 Å². The molecule has 1 aromatic carbocycles. The van der Waals surface area contributed by atoms with Gasteiger partial charge in [-0.3, -0.25) is 14.4 Å². The largest absolute Gasteiger partial charge is 0.378 e. The normalized spacial score (nSPS) is 20.5. The van der Waals surface area contributed by atoms with E-state index in [2.05, 4.69) is 10.5 Å². The van der Waals surface area contributed by atoms with E-state index in [0.29, 0.717) is 38.9 Å². The van der Waals surface area contributed by atoms with Crippen LogP contribution in [0.15, 0.2) is 35.4 Å². The Labute approximate surface area is 164 Å². The van der Waals surface area contributed by atoms with Gasteiger partial charge in [-0.1, -0.05) is 30.3 Å². The average molecular weight is 386 g/mol. The molecule has 1 saturated heterocycles. The van der Waals surface area contributed by atoms with Crippen molar-refractivity contribution < 1.29 is 19.1 Å². The molecule has 3 amide bonds. The average Bonchev–Trinajstić information content (AvgIpc) is 2.87. The summed E-state index contributed by atoms with van der Waals surface area (Å²) < 4.78 is 5.52. The van der Waals surface area contributed by atoms with E-state index in [4.69, 9.17) is 4.74 Å². The fourth-order valence-corrected chi connectivity index (χ4v) is 3.38. The first-order chi connectivity index (χ1) is 13.5. The molecule has 2 heterocycles. The summed E-state index contributed by atoms with van der Waals surface area (Å²) in [5, 5.41) is 4.00. The number of nitrogens with zero attached hydrogens (tertiary/aromatic N) is 3. The summed E-state index contributed by atoms with van der Waals surface area (Å²) in [5.74, 6) is -0.287. The van der Waals surface area contributed by atoms with Crippen molar-refractivity contribution >= 4 is 23.4 Å². The van der Waals surface area contributed by atoms with E-state index in [1.807, 2.05) is 30.3 Å². The van der Waals surface area contributed by atoms with Crippen LogP contribution in [-0.2, 0) is 25.7 Å². The topological polar surface area (TPSA) is 91.3 Å². The number of carbonyl (C=O) groups excluding carboxylic acids is 3. The smallest absolute Gasteiger partial charge is 0.242 e. The minimum Gasteiger partial charge on any atom is -0.378 e. The molecule has 1 fully saturated rings. The quantitative estimate of drug-likeness (QED) is 0.787. The Hall–Kier alpha value is -2.74. The molecule has 2 aliphatic heterocycles. The maximum atomic E-state index is 12.7. The molecule has 0 aromatic heterocycles. The second kappa shape index (κ2) is 9.45. The third kappa shape index (κ3) is 5.39. The van der Waals surface area contributed by atoms with Crippen LogP contribution in [0, 0.1) is 0 Å². The van der Waals surface area contributed by atoms with Crippen molar-refractivity contribution in [1.29, 1.82) is 0 Å². The molecule has 0 spiro atoms. The molecule has 2 aliphatic rings. The minimum atomic E-state index is -0.231. The van der Waals surface area contributed by atoms with Crippen LogP contribution in [-0.4, -0.2) is 66.1 Å². The molecule has 0 radical (unpaired) electrons. The molecular weight excluding hydrogens is 360 g/mol. The van der Waals surface area contributed by atoms with Crippen LogP contribution < -0.4 is 5.43 Å². The molecule has 0 bridgehead atoms. The van der Waals surface area contributed by atoms with Crippen molar-refractivity contribution in [3.63, 3.8) is 0 Å². The summed E-state index contributed by atoms with van der Waals surface area (Å²) in [4.78, 5) is 39.9. The number of benzene rings is 1. The van der Waals surface area contributed by atoms with Crippen LogP contribution in [0.1, 0.15) is 31.2 Å². The first-order valence-corrected chi connectivity index (χ1v) is 9.51. The molecular formula is C20H26N4O4. The third-order valence-corrected chi connectivity index (χ3v) is 5.04. The predicted octanol–water partition coefficient (Wildman–Crippen LogP) is 0.919. The van der Waals surface area contributed by atoms with Crippen LogP contribution in [0.3, 0.4) is 0 Å². The van der Waals surface area contributed by atoms with Gasteiger partial charge in [-0.15, -0.1) is 0 Å². The number of hydrogen-bond acceptors (Lipinski definition) is 5. The molecule has 0 saturated carbocycles. The zero-order valence-electron chi connectivity index (χ0n) is 16.1. The Kier molecular flexibility index (Phi) is 6.76. The summed E-state index contributed by atoms with van der Waals surface area (Å²) in [6.45, 7) is 1.38. The number of ether oxygens (including phenoxy) is 1. The monoisotopic (exact) mass is 386 g/mol. The first-order valence-electron chi connectivity index (χ1n) is 9.51. The highest BCUT2D eigenvalue weighted by molar-refractivity contribution is 5.94. The van der Waals surface area contributed by atoms with E-state index < -0.39 is 0 Å². The lowest BCUT2D eigenvalue weighted by Gasteiger charge is -2.23. The van der Waals surface area contributed by atoms with Crippen LogP contribution in [0.4, 0.5) is 0 Å². The van der Waals surface area contributed by atoms with Crippen molar-refractivity contribution in [3.8, 4) is 0 Å². The van der Waals surface area contributed by atoms with E-state index >= 15 is 0 Å². The van der Waals surface area contributed by atoms with Crippen molar-refractivity contribution in [2.75, 3.05) is 26.7 Å². The zero-order chi connectivity index (χ0) is 19.9. The Balaban J connectivity index is 1.60. The van der Waals surface area contributed by atoms with Crippen molar-refractivity contribution in [3.05, 3.63) is 35.9 Å². The van der Waals surface area contributed by atoms with Gasteiger partial charge in [0.25, 0.3) is 0 Å². The number of carbonyl (C=O) groups is 3. The number of hydrogen-bond donors (Lipinski definition) is 1. The first kappa shape index (κ1) is 20.0. The molecule has 1 N–H and O–H groups in total. The van der Waals surface area contributed by atoms with Gasteiger partial charge in [0.2, 0.25) is 17.7 Å². The van der Waals surface area contributed by atoms with Gasteiger partial charge in [0.05, 0.1) is 12.6 Å². The Bertz CT molecular complexity index is 750. The standard InChI is InChI=1S/C20H26N4O4/c1-28-17-12-23(11-15-5-3-2-4-6-15)20(27)14-24(13-17)19(26)10-8-16-7-9-18(25)22-21-16/h2-6,17H,7-14H2,1H3,(H,22,25). The lowest BCUT2D eigenvalue weighted by atomic mass is 10.1. The highest BCUT2D eigenvalue weighted by Crippen LogP contribution is 2.14. The molecule has 0 aliphatic carbocycles. The third-order valence-electron chi connectivity index (χ3n) is 5.04. The number of methoxy groups -OCH3 is 1. The predicted molar refractivity (Wildman–Crippen MR) is 103 cm³/mol. The molecule has 1 aromatic rings. The van der Waals surface area contributed by atoms with Crippen LogP contribution in [0.25, 0.3) is 0 Å². The van der Waals surface area contributed by atoms with Gasteiger partial charge in [0.15, 0.2) is 0 Å². The fourth-order valence-electron chi connectivity index (χ4n) is 3.38. The Morgan fingerprint density at radius 3 is 2.68 bits per heavy atom. The van der Waals surface area contributed by atoms with Gasteiger partial charge in [-0.05, 0) is 18.4 Å². The van der Waals surface area contributed by atoms with Gasteiger partial charge in [-0.2, -0.15) is 5.10 Å². The number of amides is 3. The molecule has 8 nitrogen and oxygen atoms in total. The SMILES string of the molecule is COC1CN(C(=O)CCC2=NNC(=O)CC2)CC(=O)N(Cc2ccccc2)C1. The Morgan fingerprint density at radius 1 is 1.21 bits per heavy atom. The van der Waals surface area contributed by atoms with E-state index in [1.54, 1.807) is 16.9 Å². The summed E-state index contributed by atoms with van der Waals surface area (Å²) in [6.07, 6.45) is 1.48. The summed E-state index contributed by atoms with van der Waals surface area (Å²) >= 11 is 0. The summed E-state index contributed by atoms with van der Waals surface area (Å²) in [7, 11) is 1.60. The summed E-state index contributed by atoms with van der Waals surface area (Å²) in [5.41, 5.74) is 4.29. The van der Waals surface area contributed by atoms with Crippen LogP contribution in [0.2, 0.25) is 0 Å². The van der Waals surface area contributed by atoms with E-state index in [-0.39, 0.29) is 36.8 Å². The van der Waals surface area contributed by atoms with E-state index in [0.717, 1.165) is 11.3 Å². The second-order valence-corrected chi connectivity index (χ2v) is 7.10. The van der Waals surface area contributed by atoms with Gasteiger partial charge in [0, 0.05) is 45.3 Å². The number of hydrazone groups is 1. The highest BCUT2D eigenvalue weighted by atomic mass is 16.5. The number of nitrogens with one attached hydrogen (secondary N) is 1. The molecule has 150 valence electrons. The maximum Gasteiger partial charge on any atom is 0.242 e. The minimum absolute atomic E-state index is 0.0503. The number of rotatable bonds is 6. The van der Waals surface area contributed by atoms with E-state index in [9.17, 15) is 14.4 Å². The zero-order valence-corrected chi connectivity index (χ0v) is 16.1. The molecule has 28 heavy (non-hydrogen) atoms. The van der Waals surface area contributed by atoms with Gasteiger partial charge in [0.1, 0.15) is 0 Å². The van der Waals surface area contributed by atoms with Crippen LogP contribution >= 0.6 is 0 Å². The molecule has 3 rings (SSSR count). The fraction of sp³-hybridized carbons (Fsp3) is 0.500. The molecule has 1 unspecified atom stereocenters. The van der Waals surface area contributed by atoms with Crippen molar-refractivity contribution in [2.24, 2.45) is 5.10 Å². The molecule has 8 heteroatoms. The van der Waals surface area contributed by atoms with Gasteiger partial charge >= 0.3 is 0 Å². The van der Waals surface area contributed by atoms with Crippen molar-refractivity contribution in [2.45, 2.75) is 38.3 Å². The lowest BCUT2D eigenvalue weighted by Crippen LogP contribution is -2.39. The second-order valence-electron chi connectivity index (χ2n) is 7.10. The van der Waals surface area contributed by atoms with E-state index in [1.165, 1.54) is 0 Å². The Morgan fingerprint density at radius 2 is 2.00 bits per heavy atom.